The van der Waals surface area contributed by atoms with E-state index in [9.17, 15) is 9.59 Å². The van der Waals surface area contributed by atoms with Crippen molar-refractivity contribution < 1.29 is 28.5 Å². The lowest BCUT2D eigenvalue weighted by molar-refractivity contribution is 0.0549. The number of hydrogen-bond acceptors (Lipinski definition) is 7. The lowest BCUT2D eigenvalue weighted by Gasteiger charge is -2.13. The molecule has 0 spiro atoms. The Kier molecular flexibility index (Phi) is 6.82. The molecule has 1 heterocycles. The molecule has 0 saturated heterocycles. The minimum Gasteiger partial charge on any atom is -0.493 e. The van der Waals surface area contributed by atoms with Crippen molar-refractivity contribution in [3.8, 4) is 39.6 Å². The molecule has 0 aliphatic heterocycles. The summed E-state index contributed by atoms with van der Waals surface area (Å²) in [5.41, 5.74) is 3.06. The molecule has 8 heteroatoms. The van der Waals surface area contributed by atoms with Gasteiger partial charge in [-0.1, -0.05) is 48.5 Å². The molecule has 0 aliphatic carbocycles. The molecule has 1 aromatic heterocycles. The van der Waals surface area contributed by atoms with E-state index in [1.54, 1.807) is 32.4 Å². The first kappa shape index (κ1) is 23.6. The normalized spacial score (nSPS) is 10.5. The Morgan fingerprint density at radius 3 is 1.97 bits per heavy atom. The van der Waals surface area contributed by atoms with Crippen molar-refractivity contribution in [3.05, 3.63) is 84.1 Å². The lowest BCUT2D eigenvalue weighted by atomic mass is 9.95. The molecule has 8 nitrogen and oxygen atoms in total. The van der Waals surface area contributed by atoms with Gasteiger partial charge in [-0.2, -0.15) is 5.10 Å². The van der Waals surface area contributed by atoms with Crippen LogP contribution in [-0.4, -0.2) is 50.2 Å². The molecule has 4 aromatic rings. The second-order valence-electron chi connectivity index (χ2n) is 7.42. The topological polar surface area (TPSA) is 88.9 Å². The molecule has 0 saturated carbocycles. The monoisotopic (exact) mass is 472 g/mol. The maximum absolute atomic E-state index is 13.0. The standard InChI is InChI=1S/C27H24N2O6/c1-32-21-15-14-17(16-22(21)33-2)19-12-8-9-13-20(19)24-23(26(30)34-3)25(27(31)35-4)29(28-24)18-10-6-5-7-11-18/h5-16H,1-4H3. The van der Waals surface area contributed by atoms with Crippen LogP contribution in [0.25, 0.3) is 28.1 Å². The van der Waals surface area contributed by atoms with Gasteiger partial charge < -0.3 is 18.9 Å². The molecule has 0 radical (unpaired) electrons. The predicted octanol–water partition coefficient (Wildman–Crippen LogP) is 4.80. The van der Waals surface area contributed by atoms with E-state index < -0.39 is 11.9 Å². The fraction of sp³-hybridized carbons (Fsp3) is 0.148. The van der Waals surface area contributed by atoms with Crippen LogP contribution in [0, 0.1) is 0 Å². The van der Waals surface area contributed by atoms with Gasteiger partial charge in [-0.15, -0.1) is 0 Å². The van der Waals surface area contributed by atoms with Gasteiger partial charge in [0.05, 0.1) is 34.1 Å². The molecule has 3 aromatic carbocycles. The molecule has 0 N–H and O–H groups in total. The van der Waals surface area contributed by atoms with Crippen molar-refractivity contribution in [1.29, 1.82) is 0 Å². The molecular weight excluding hydrogens is 448 g/mol. The summed E-state index contributed by atoms with van der Waals surface area (Å²) < 4.78 is 22.3. The third kappa shape index (κ3) is 4.33. The van der Waals surface area contributed by atoms with E-state index in [0.29, 0.717) is 22.7 Å². The Morgan fingerprint density at radius 1 is 0.714 bits per heavy atom. The molecule has 0 aliphatic rings. The number of carbonyl (C=O) groups is 2. The second kappa shape index (κ2) is 10.1. The summed E-state index contributed by atoms with van der Waals surface area (Å²) in [6, 6.07) is 22.0. The zero-order chi connectivity index (χ0) is 24.9. The van der Waals surface area contributed by atoms with Gasteiger partial charge in [-0.05, 0) is 35.4 Å². The molecule has 0 bridgehead atoms. The Morgan fingerprint density at radius 2 is 1.34 bits per heavy atom. The number of nitrogens with zero attached hydrogens (tertiary/aromatic N) is 2. The zero-order valence-corrected chi connectivity index (χ0v) is 19.8. The highest BCUT2D eigenvalue weighted by Crippen LogP contribution is 2.39. The number of ether oxygens (including phenoxy) is 4. The largest absolute Gasteiger partial charge is 0.493 e. The molecule has 0 amide bonds. The van der Waals surface area contributed by atoms with Crippen LogP contribution in [0.4, 0.5) is 0 Å². The highest BCUT2D eigenvalue weighted by atomic mass is 16.5. The van der Waals surface area contributed by atoms with Crippen LogP contribution < -0.4 is 9.47 Å². The van der Waals surface area contributed by atoms with Crippen LogP contribution in [0.15, 0.2) is 72.8 Å². The van der Waals surface area contributed by atoms with E-state index in [-0.39, 0.29) is 17.0 Å². The van der Waals surface area contributed by atoms with Crippen molar-refractivity contribution in [2.45, 2.75) is 0 Å². The number of benzene rings is 3. The number of esters is 2. The van der Waals surface area contributed by atoms with Gasteiger partial charge in [0.15, 0.2) is 17.2 Å². The van der Waals surface area contributed by atoms with Crippen LogP contribution in [0.2, 0.25) is 0 Å². The second-order valence-corrected chi connectivity index (χ2v) is 7.42. The number of methoxy groups -OCH3 is 4. The lowest BCUT2D eigenvalue weighted by Crippen LogP contribution is -2.15. The SMILES string of the molecule is COC(=O)c1c(-c2ccccc2-c2ccc(OC)c(OC)c2)nn(-c2ccccc2)c1C(=O)OC. The Labute approximate surface area is 202 Å². The summed E-state index contributed by atoms with van der Waals surface area (Å²) in [6.07, 6.45) is 0. The van der Waals surface area contributed by atoms with Crippen LogP contribution in [0.1, 0.15) is 20.8 Å². The smallest absolute Gasteiger partial charge is 0.357 e. The van der Waals surface area contributed by atoms with Crippen LogP contribution >= 0.6 is 0 Å². The van der Waals surface area contributed by atoms with Gasteiger partial charge in [0.25, 0.3) is 0 Å². The number of hydrogen-bond donors (Lipinski definition) is 0. The van der Waals surface area contributed by atoms with E-state index in [1.165, 1.54) is 18.9 Å². The van der Waals surface area contributed by atoms with Gasteiger partial charge in [0.2, 0.25) is 0 Å². The summed E-state index contributed by atoms with van der Waals surface area (Å²) >= 11 is 0. The molecule has 0 fully saturated rings. The average molecular weight is 472 g/mol. The summed E-state index contributed by atoms with van der Waals surface area (Å²) in [5, 5.41) is 4.71. The third-order valence-corrected chi connectivity index (χ3v) is 5.53. The first-order valence-corrected chi connectivity index (χ1v) is 10.7. The van der Waals surface area contributed by atoms with Gasteiger partial charge in [-0.3, -0.25) is 0 Å². The highest BCUT2D eigenvalue weighted by molar-refractivity contribution is 6.08. The average Bonchev–Trinajstić information content (AvgIpc) is 3.32. The molecule has 0 unspecified atom stereocenters. The fourth-order valence-electron chi connectivity index (χ4n) is 3.89. The summed E-state index contributed by atoms with van der Waals surface area (Å²) in [4.78, 5) is 25.9. The van der Waals surface area contributed by atoms with Crippen molar-refractivity contribution in [2.75, 3.05) is 28.4 Å². The van der Waals surface area contributed by atoms with Crippen LogP contribution in [-0.2, 0) is 9.47 Å². The third-order valence-electron chi connectivity index (χ3n) is 5.53. The molecular formula is C27H24N2O6. The van der Waals surface area contributed by atoms with Crippen LogP contribution in [0.3, 0.4) is 0 Å². The molecule has 0 atom stereocenters. The summed E-state index contributed by atoms with van der Waals surface area (Å²) in [7, 11) is 5.64. The van der Waals surface area contributed by atoms with E-state index in [4.69, 9.17) is 24.0 Å². The number of rotatable bonds is 7. The summed E-state index contributed by atoms with van der Waals surface area (Å²) in [6.45, 7) is 0. The van der Waals surface area contributed by atoms with E-state index >= 15 is 0 Å². The van der Waals surface area contributed by atoms with Crippen molar-refractivity contribution in [3.63, 3.8) is 0 Å². The molecule has 178 valence electrons. The van der Waals surface area contributed by atoms with E-state index in [1.807, 2.05) is 54.6 Å². The van der Waals surface area contributed by atoms with Crippen molar-refractivity contribution in [2.24, 2.45) is 0 Å². The quantitative estimate of drug-likeness (QED) is 0.357. The van der Waals surface area contributed by atoms with Crippen molar-refractivity contribution in [1.82, 2.24) is 9.78 Å². The zero-order valence-electron chi connectivity index (χ0n) is 19.8. The van der Waals surface area contributed by atoms with E-state index in [2.05, 4.69) is 0 Å². The first-order valence-electron chi connectivity index (χ1n) is 10.7. The molecule has 35 heavy (non-hydrogen) atoms. The minimum atomic E-state index is -0.711. The van der Waals surface area contributed by atoms with E-state index in [0.717, 1.165) is 11.1 Å². The van der Waals surface area contributed by atoms with Crippen molar-refractivity contribution >= 4 is 11.9 Å². The van der Waals surface area contributed by atoms with Crippen LogP contribution in [0.5, 0.6) is 11.5 Å². The predicted molar refractivity (Wildman–Crippen MR) is 130 cm³/mol. The highest BCUT2D eigenvalue weighted by Gasteiger charge is 2.32. The Balaban J connectivity index is 2.03. The maximum Gasteiger partial charge on any atom is 0.357 e. The minimum absolute atomic E-state index is 0.0103. The number of para-hydroxylation sites is 1. The fourth-order valence-corrected chi connectivity index (χ4v) is 3.89. The maximum atomic E-state index is 13.0. The number of aromatic nitrogens is 2. The number of carbonyl (C=O) groups excluding carboxylic acids is 2. The van der Waals surface area contributed by atoms with Gasteiger partial charge in [-0.25, -0.2) is 14.3 Å². The first-order chi connectivity index (χ1) is 17.0. The van der Waals surface area contributed by atoms with Gasteiger partial charge in [0.1, 0.15) is 11.3 Å². The Hall–Kier alpha value is -4.59. The van der Waals surface area contributed by atoms with Gasteiger partial charge in [0, 0.05) is 5.56 Å². The summed E-state index contributed by atoms with van der Waals surface area (Å²) in [5.74, 6) is -0.273. The molecule has 4 rings (SSSR count). The Bertz CT molecular complexity index is 1380. The van der Waals surface area contributed by atoms with Gasteiger partial charge >= 0.3 is 11.9 Å².